The first-order valence-corrected chi connectivity index (χ1v) is 4.95. The van der Waals surface area contributed by atoms with Gasteiger partial charge in [0.1, 0.15) is 5.70 Å². The molecule has 0 aliphatic carbocycles. The van der Waals surface area contributed by atoms with Crippen molar-refractivity contribution in [3.05, 3.63) is 35.2 Å². The number of halogens is 2. The maximum atomic E-state index is 12.3. The highest BCUT2D eigenvalue weighted by Crippen LogP contribution is 2.22. The largest absolute Gasteiger partial charge is 0.392 e. The predicted octanol–water partition coefficient (Wildman–Crippen LogP) is 2.82. The monoisotopic (exact) mass is 241 g/mol. The van der Waals surface area contributed by atoms with E-state index in [1.54, 1.807) is 6.92 Å². The van der Waals surface area contributed by atoms with Crippen molar-refractivity contribution in [1.29, 1.82) is 0 Å². The minimum atomic E-state index is -2.55. The number of hydrogen-bond acceptors (Lipinski definition) is 4. The average Bonchev–Trinajstić information content (AvgIpc) is 2.35. The first kappa shape index (κ1) is 13.4. The molecule has 0 bridgehead atoms. The van der Waals surface area contributed by atoms with Crippen LogP contribution >= 0.6 is 0 Å². The van der Waals surface area contributed by atoms with Gasteiger partial charge in [0.25, 0.3) is 6.43 Å². The Morgan fingerprint density at radius 2 is 2.18 bits per heavy atom. The lowest BCUT2D eigenvalue weighted by molar-refractivity contribution is 0.151. The second kappa shape index (κ2) is 6.15. The van der Waals surface area contributed by atoms with Crippen molar-refractivity contribution in [2.75, 3.05) is 13.7 Å². The number of aliphatic hydroxyl groups excluding tert-OH is 1. The van der Waals surface area contributed by atoms with E-state index in [4.69, 9.17) is 5.11 Å². The van der Waals surface area contributed by atoms with Gasteiger partial charge < -0.3 is 5.11 Å². The zero-order valence-corrected chi connectivity index (χ0v) is 9.56. The van der Waals surface area contributed by atoms with E-state index in [1.807, 2.05) is 0 Å². The summed E-state index contributed by atoms with van der Waals surface area (Å²) in [4.78, 5) is 3.89. The molecule has 0 amide bonds. The van der Waals surface area contributed by atoms with Gasteiger partial charge in [-0.25, -0.2) is 8.78 Å². The van der Waals surface area contributed by atoms with Crippen LogP contribution in [-0.2, 0) is 0 Å². The highest BCUT2D eigenvalue weighted by atomic mass is 19.3. The molecule has 1 aromatic heterocycles. The van der Waals surface area contributed by atoms with E-state index in [2.05, 4.69) is 15.2 Å². The average molecular weight is 241 g/mol. The van der Waals surface area contributed by atoms with Crippen molar-refractivity contribution in [2.24, 2.45) is 10.2 Å². The van der Waals surface area contributed by atoms with Crippen molar-refractivity contribution >= 4 is 5.70 Å². The molecule has 17 heavy (non-hydrogen) atoms. The third-order valence-electron chi connectivity index (χ3n) is 2.12. The number of aromatic nitrogens is 1. The lowest BCUT2D eigenvalue weighted by Crippen LogP contribution is -1.95. The molecule has 4 nitrogen and oxygen atoms in total. The Kier molecular flexibility index (Phi) is 4.84. The van der Waals surface area contributed by atoms with Crippen LogP contribution in [-0.4, -0.2) is 23.7 Å². The van der Waals surface area contributed by atoms with E-state index in [1.165, 1.54) is 19.2 Å². The van der Waals surface area contributed by atoms with Gasteiger partial charge in [-0.05, 0) is 24.6 Å². The molecule has 0 spiro atoms. The number of aliphatic hydroxyl groups is 1. The molecule has 0 atom stereocenters. The molecular weight excluding hydrogens is 228 g/mol. The highest BCUT2D eigenvalue weighted by molar-refractivity contribution is 5.64. The van der Waals surface area contributed by atoms with Crippen molar-refractivity contribution in [3.8, 4) is 0 Å². The number of hydrogen-bond donors (Lipinski definition) is 1. The third-order valence-corrected chi connectivity index (χ3v) is 2.12. The number of azo groups is 1. The van der Waals surface area contributed by atoms with E-state index < -0.39 is 6.43 Å². The molecule has 0 saturated heterocycles. The Balaban J connectivity index is 3.13. The summed E-state index contributed by atoms with van der Waals surface area (Å²) in [7, 11) is 1.48. The Labute approximate surface area is 97.7 Å². The van der Waals surface area contributed by atoms with Crippen molar-refractivity contribution in [2.45, 2.75) is 13.3 Å². The maximum Gasteiger partial charge on any atom is 0.265 e. The lowest BCUT2D eigenvalue weighted by atomic mass is 10.1. The Morgan fingerprint density at radius 3 is 2.59 bits per heavy atom. The fourth-order valence-corrected chi connectivity index (χ4v) is 1.20. The summed E-state index contributed by atoms with van der Waals surface area (Å²) < 4.78 is 24.7. The van der Waals surface area contributed by atoms with Gasteiger partial charge in [-0.3, -0.25) is 4.98 Å². The number of pyridine rings is 1. The van der Waals surface area contributed by atoms with Gasteiger partial charge in [-0.2, -0.15) is 10.2 Å². The van der Waals surface area contributed by atoms with Crippen LogP contribution in [0.3, 0.4) is 0 Å². The molecule has 0 aliphatic rings. The molecule has 92 valence electrons. The maximum absolute atomic E-state index is 12.3. The Bertz CT molecular complexity index is 427. The van der Waals surface area contributed by atoms with Crippen LogP contribution < -0.4 is 0 Å². The second-order valence-electron chi connectivity index (χ2n) is 3.36. The zero-order valence-electron chi connectivity index (χ0n) is 9.56. The normalized spacial score (nSPS) is 13.3. The molecule has 0 saturated carbocycles. The van der Waals surface area contributed by atoms with Gasteiger partial charge in [0.05, 0.1) is 12.3 Å². The van der Waals surface area contributed by atoms with E-state index >= 15 is 0 Å². The first-order valence-electron chi connectivity index (χ1n) is 4.95. The highest BCUT2D eigenvalue weighted by Gasteiger charge is 2.10. The van der Waals surface area contributed by atoms with Crippen LogP contribution in [0.2, 0.25) is 0 Å². The molecule has 0 aliphatic heterocycles. The van der Waals surface area contributed by atoms with Gasteiger partial charge in [0.2, 0.25) is 0 Å². The number of rotatable bonds is 4. The predicted molar refractivity (Wildman–Crippen MR) is 59.7 cm³/mol. The van der Waals surface area contributed by atoms with Crippen LogP contribution in [0.15, 0.2) is 34.1 Å². The van der Waals surface area contributed by atoms with E-state index in [0.717, 1.165) is 6.20 Å². The molecule has 0 unspecified atom stereocenters. The first-order chi connectivity index (χ1) is 8.10. The van der Waals surface area contributed by atoms with Gasteiger partial charge in [0.15, 0.2) is 0 Å². The van der Waals surface area contributed by atoms with Crippen LogP contribution in [0.4, 0.5) is 8.78 Å². The smallest absolute Gasteiger partial charge is 0.265 e. The summed E-state index contributed by atoms with van der Waals surface area (Å²) >= 11 is 0. The summed E-state index contributed by atoms with van der Waals surface area (Å²) in [5.41, 5.74) is 1.23. The summed E-state index contributed by atoms with van der Waals surface area (Å²) in [6.07, 6.45) is -1.45. The molecule has 0 fully saturated rings. The molecule has 0 radical (unpaired) electrons. The van der Waals surface area contributed by atoms with Crippen molar-refractivity contribution in [3.63, 3.8) is 0 Å². The molecule has 1 rings (SSSR count). The topological polar surface area (TPSA) is 57.8 Å². The Hall–Kier alpha value is -1.69. The van der Waals surface area contributed by atoms with Gasteiger partial charge >= 0.3 is 0 Å². The van der Waals surface area contributed by atoms with Crippen LogP contribution in [0, 0.1) is 0 Å². The molecule has 6 heteroatoms. The fraction of sp³-hybridized carbons (Fsp3) is 0.364. The zero-order chi connectivity index (χ0) is 12.8. The van der Waals surface area contributed by atoms with Gasteiger partial charge in [0, 0.05) is 18.8 Å². The van der Waals surface area contributed by atoms with Gasteiger partial charge in [-0.1, -0.05) is 0 Å². The van der Waals surface area contributed by atoms with Gasteiger partial charge in [-0.15, -0.1) is 0 Å². The minimum Gasteiger partial charge on any atom is -0.392 e. The summed E-state index contributed by atoms with van der Waals surface area (Å²) in [5.74, 6) is 0. The lowest BCUT2D eigenvalue weighted by Gasteiger charge is -2.05. The second-order valence-corrected chi connectivity index (χ2v) is 3.36. The van der Waals surface area contributed by atoms with Crippen LogP contribution in [0.5, 0.6) is 0 Å². The number of nitrogens with zero attached hydrogens (tertiary/aromatic N) is 3. The molecule has 1 N–H and O–H groups in total. The molecular formula is C11H13F2N3O. The molecule has 0 aromatic carbocycles. The Morgan fingerprint density at radius 1 is 1.47 bits per heavy atom. The van der Waals surface area contributed by atoms with Crippen LogP contribution in [0.1, 0.15) is 24.6 Å². The quantitative estimate of drug-likeness (QED) is 0.824. The van der Waals surface area contributed by atoms with Crippen molar-refractivity contribution in [1.82, 2.24) is 4.98 Å². The minimum absolute atomic E-state index is 0.150. The van der Waals surface area contributed by atoms with E-state index in [0.29, 0.717) is 17.0 Å². The van der Waals surface area contributed by atoms with E-state index in [-0.39, 0.29) is 12.2 Å². The third kappa shape index (κ3) is 3.39. The van der Waals surface area contributed by atoms with Crippen molar-refractivity contribution < 1.29 is 13.9 Å². The SMILES string of the molecule is CN=N/C(=C(\C)CO)c1ccc(C(F)F)cn1. The van der Waals surface area contributed by atoms with E-state index in [9.17, 15) is 8.78 Å². The summed E-state index contributed by atoms with van der Waals surface area (Å²) in [6, 6.07) is 2.72. The summed E-state index contributed by atoms with van der Waals surface area (Å²) in [5, 5.41) is 16.5. The molecule has 1 heterocycles. The molecule has 1 aromatic rings. The fourth-order valence-electron chi connectivity index (χ4n) is 1.20. The standard InChI is InChI=1S/C11H13F2N3O/c1-7(6-17)10(16-14-2)9-4-3-8(5-15-9)11(12)13/h3-5,11,17H,6H2,1-2H3/b10-7+,16-14?. The summed E-state index contributed by atoms with van der Waals surface area (Å²) in [6.45, 7) is 1.49. The number of alkyl halides is 2. The van der Waals surface area contributed by atoms with Crippen LogP contribution in [0.25, 0.3) is 5.70 Å².